The van der Waals surface area contributed by atoms with Crippen molar-refractivity contribution < 1.29 is 48.2 Å². The molecule has 4 aromatic rings. The van der Waals surface area contributed by atoms with Crippen molar-refractivity contribution in [3.05, 3.63) is 95.9 Å². The molecule has 414 valence electrons. The van der Waals surface area contributed by atoms with Crippen molar-refractivity contribution in [2.24, 2.45) is 11.8 Å². The minimum absolute atomic E-state index is 0. The smallest absolute Gasteiger partial charge is 0.336 e. The number of anilines is 2. The molecule has 2 aliphatic carbocycles. The Hall–Kier alpha value is -7.81. The quantitative estimate of drug-likeness (QED) is 0.0525. The average molecular weight is 1080 g/mol. The fourth-order valence-electron chi connectivity index (χ4n) is 9.83. The van der Waals surface area contributed by atoms with Gasteiger partial charge in [0.15, 0.2) is 22.9 Å². The number of aryl methyl sites for hydroxylation is 1. The molecule has 6 rings (SSSR count). The zero-order valence-electron chi connectivity index (χ0n) is 45.9. The van der Waals surface area contributed by atoms with E-state index < -0.39 is 55.5 Å². The van der Waals surface area contributed by atoms with Crippen molar-refractivity contribution in [2.75, 3.05) is 52.1 Å². The molecular formula is C56H76N10O10Si. The highest BCUT2D eigenvalue weighted by Crippen LogP contribution is 2.46. The van der Waals surface area contributed by atoms with E-state index in [1.807, 2.05) is 6.08 Å². The number of carboxylic acids is 1. The summed E-state index contributed by atoms with van der Waals surface area (Å²) in [5.41, 5.74) is 1.56. The first-order valence-corrected chi connectivity index (χ1v) is 27.3. The summed E-state index contributed by atoms with van der Waals surface area (Å²) in [4.78, 5) is 112. The Labute approximate surface area is 452 Å². The first kappa shape index (κ1) is 61.7. The Bertz CT molecular complexity index is 3020. The Morgan fingerprint density at radius 1 is 0.649 bits per heavy atom. The molecule has 0 aliphatic heterocycles. The number of amides is 6. The number of fused-ring (bicyclic) bond motifs is 2. The molecule has 2 unspecified atom stereocenters. The number of carbonyl (C=O) groups excluding carboxylic acids is 6. The third kappa shape index (κ3) is 13.1. The van der Waals surface area contributed by atoms with Crippen LogP contribution >= 0.6 is 0 Å². The summed E-state index contributed by atoms with van der Waals surface area (Å²) in [5, 5.41) is 27.0. The number of hydrogen-bond acceptors (Lipinski definition) is 13. The van der Waals surface area contributed by atoms with Gasteiger partial charge in [-0.05, 0) is 79.8 Å². The molecule has 2 aliphatic rings. The van der Waals surface area contributed by atoms with Crippen LogP contribution in [-0.2, 0) is 19.2 Å². The number of rotatable bonds is 14. The monoisotopic (exact) mass is 1080 g/mol. The van der Waals surface area contributed by atoms with Crippen molar-refractivity contribution in [3.8, 4) is 11.5 Å². The van der Waals surface area contributed by atoms with Gasteiger partial charge in [-0.1, -0.05) is 86.4 Å². The Kier molecular flexibility index (Phi) is 20.7. The third-order valence-corrected chi connectivity index (χ3v) is 20.0. The number of allylic oxidation sites excluding steroid dienone is 6. The Morgan fingerprint density at radius 2 is 1.08 bits per heavy atom. The predicted octanol–water partition coefficient (Wildman–Crippen LogP) is 8.46. The molecule has 21 heteroatoms. The SMILES string of the molecule is C.C=C(NC(=O)c1nc(N(C)C(=O)C(=O)N(C)C)c2c(C(=O)O)ccnc2c1O[Si](C(C)C)(C(C)C)C(C)C)C1CC=CCC1.C=C(NC(=O)c1nc(N(C)C(=O)C(=O)N(C)C)c2c(C)ccnc2c1O)C1CC=CCC1. The van der Waals surface area contributed by atoms with Gasteiger partial charge >= 0.3 is 29.6 Å². The van der Waals surface area contributed by atoms with Gasteiger partial charge < -0.3 is 35.1 Å². The van der Waals surface area contributed by atoms with Gasteiger partial charge in [0.25, 0.3) is 20.1 Å². The molecule has 0 spiro atoms. The minimum Gasteiger partial charge on any atom is -0.540 e. The van der Waals surface area contributed by atoms with Crippen LogP contribution in [0, 0.1) is 18.8 Å². The molecule has 0 radical (unpaired) electrons. The lowest BCUT2D eigenvalue weighted by Gasteiger charge is -2.42. The summed E-state index contributed by atoms with van der Waals surface area (Å²) in [6, 6.07) is 2.99. The number of pyridine rings is 4. The van der Waals surface area contributed by atoms with Gasteiger partial charge in [0, 0.05) is 77.9 Å². The fraction of sp³-hybridized carbons (Fsp3) is 0.446. The first-order chi connectivity index (χ1) is 35.7. The molecule has 4 N–H and O–H groups in total. The number of likely N-dealkylation sites (N-methyl/N-ethyl adjacent to an activating group) is 4. The third-order valence-electron chi connectivity index (χ3n) is 14.0. The summed E-state index contributed by atoms with van der Waals surface area (Å²) in [6.07, 6.45) is 16.1. The number of aromatic nitrogens is 4. The van der Waals surface area contributed by atoms with Gasteiger partial charge in [-0.15, -0.1) is 0 Å². The first-order valence-electron chi connectivity index (χ1n) is 25.2. The lowest BCUT2D eigenvalue weighted by Crippen LogP contribution is -2.51. The summed E-state index contributed by atoms with van der Waals surface area (Å²) in [6.45, 7) is 22.4. The van der Waals surface area contributed by atoms with Crippen LogP contribution in [0.1, 0.15) is 124 Å². The molecule has 4 aromatic heterocycles. The Balaban J connectivity index is 0.000000344. The lowest BCUT2D eigenvalue weighted by molar-refractivity contribution is -0.142. The van der Waals surface area contributed by atoms with E-state index >= 15 is 0 Å². The maximum atomic E-state index is 14.1. The highest BCUT2D eigenvalue weighted by Gasteiger charge is 2.48. The van der Waals surface area contributed by atoms with Gasteiger partial charge in [-0.25, -0.2) is 14.8 Å². The number of carbonyl (C=O) groups is 7. The van der Waals surface area contributed by atoms with Gasteiger partial charge in [0.1, 0.15) is 22.7 Å². The van der Waals surface area contributed by atoms with E-state index in [0.717, 1.165) is 58.1 Å². The van der Waals surface area contributed by atoms with Crippen LogP contribution in [0.2, 0.25) is 16.6 Å². The van der Waals surface area contributed by atoms with Crippen molar-refractivity contribution in [3.63, 3.8) is 0 Å². The Morgan fingerprint density at radius 3 is 1.51 bits per heavy atom. The number of hydrogen-bond donors (Lipinski definition) is 4. The molecule has 0 saturated carbocycles. The van der Waals surface area contributed by atoms with Gasteiger partial charge in [-0.2, -0.15) is 0 Å². The summed E-state index contributed by atoms with van der Waals surface area (Å²) in [5.74, 6) is -6.32. The van der Waals surface area contributed by atoms with Crippen LogP contribution in [0.5, 0.6) is 11.5 Å². The molecule has 0 bridgehead atoms. The van der Waals surface area contributed by atoms with E-state index in [2.05, 4.69) is 103 Å². The predicted molar refractivity (Wildman–Crippen MR) is 301 cm³/mol. The normalized spacial score (nSPS) is 15.0. The molecule has 0 fully saturated rings. The van der Waals surface area contributed by atoms with E-state index in [1.54, 1.807) is 13.0 Å². The zero-order chi connectivity index (χ0) is 56.7. The maximum Gasteiger partial charge on any atom is 0.336 e. The van der Waals surface area contributed by atoms with Crippen LogP contribution in [0.4, 0.5) is 11.6 Å². The molecule has 20 nitrogen and oxygen atoms in total. The second-order valence-electron chi connectivity index (χ2n) is 20.5. The van der Waals surface area contributed by atoms with Crippen molar-refractivity contribution >= 4 is 83.2 Å². The topological polar surface area (TPSA) is 258 Å². The highest BCUT2D eigenvalue weighted by molar-refractivity contribution is 6.78. The van der Waals surface area contributed by atoms with Crippen LogP contribution in [0.25, 0.3) is 21.8 Å². The number of aromatic hydroxyl groups is 1. The molecule has 2 atom stereocenters. The second kappa shape index (κ2) is 25.8. The van der Waals surface area contributed by atoms with Crippen LogP contribution < -0.4 is 24.9 Å². The van der Waals surface area contributed by atoms with Crippen LogP contribution in [0.3, 0.4) is 0 Å². The van der Waals surface area contributed by atoms with Gasteiger partial charge in [-0.3, -0.25) is 48.5 Å². The molecule has 4 heterocycles. The summed E-state index contributed by atoms with van der Waals surface area (Å²) < 4.78 is 7.04. The van der Waals surface area contributed by atoms with E-state index in [0.29, 0.717) is 22.3 Å². The van der Waals surface area contributed by atoms with E-state index in [9.17, 15) is 43.8 Å². The molecule has 0 aromatic carbocycles. The molecule has 0 saturated heterocycles. The average Bonchev–Trinajstić information content (AvgIpc) is 3.38. The van der Waals surface area contributed by atoms with Crippen molar-refractivity contribution in [2.45, 2.75) is 111 Å². The number of aromatic carboxylic acids is 1. The summed E-state index contributed by atoms with van der Waals surface area (Å²) in [7, 11) is 5.74. The maximum absolute atomic E-state index is 14.1. The lowest BCUT2D eigenvalue weighted by atomic mass is 9.92. The molecule has 77 heavy (non-hydrogen) atoms. The van der Waals surface area contributed by atoms with E-state index in [-0.39, 0.29) is 86.6 Å². The van der Waals surface area contributed by atoms with E-state index in [4.69, 9.17) is 4.43 Å². The largest absolute Gasteiger partial charge is 0.540 e. The van der Waals surface area contributed by atoms with Crippen LogP contribution in [0.15, 0.2) is 73.4 Å². The van der Waals surface area contributed by atoms with Crippen LogP contribution in [-0.4, -0.2) is 132 Å². The highest BCUT2D eigenvalue weighted by atomic mass is 28.4. The van der Waals surface area contributed by atoms with Crippen molar-refractivity contribution in [1.82, 2.24) is 40.4 Å². The molecular weight excluding hydrogens is 1000 g/mol. The fourth-order valence-corrected chi connectivity index (χ4v) is 15.1. The summed E-state index contributed by atoms with van der Waals surface area (Å²) >= 11 is 0. The minimum atomic E-state index is -2.76. The van der Waals surface area contributed by atoms with Gasteiger partial charge in [0.05, 0.1) is 16.3 Å². The second-order valence-corrected chi connectivity index (χ2v) is 25.8. The number of carboxylic acid groups (broad SMARTS) is 1. The van der Waals surface area contributed by atoms with Crippen molar-refractivity contribution in [1.29, 1.82) is 0 Å². The standard InChI is InChI=1S/C32H45N5O6Si.C23H27N5O4.CH4/c1-18(2)44(19(3)4,20(5)6)43-27-25-24(23(32(41)42)16-17-33-25)28(37(10)31(40)30(39)36(8)9)35-26(27)29(38)34-21(7)22-14-12-11-13-15-22;1-13-11-12-24-17-16(13)20(28(5)23(32)22(31)27(3)4)26-18(19(17)29)21(30)25-14(2)15-9-7-6-8-10-15;/h11-12,16-20,22H,7,13-15H2,1-6,8-10H3,(H,34,38)(H,41,42);6-7,11-12,15,29H,2,8-10H2,1,3-5H3,(H,25,30);1H4. The van der Waals surface area contributed by atoms with E-state index in [1.165, 1.54) is 60.7 Å². The number of nitrogens with one attached hydrogen (secondary N) is 2. The molecule has 6 amide bonds. The number of nitrogens with zero attached hydrogens (tertiary/aromatic N) is 8. The van der Waals surface area contributed by atoms with Gasteiger partial charge in [0.2, 0.25) is 0 Å². The zero-order valence-corrected chi connectivity index (χ0v) is 46.9.